The zero-order chi connectivity index (χ0) is 27.4. The molecule has 1 rings (SSSR count). The molecule has 0 spiro atoms. The highest BCUT2D eigenvalue weighted by molar-refractivity contribution is 5.95. The fraction of sp³-hybridized carbons (Fsp3) is 0.478. The predicted molar refractivity (Wildman–Crippen MR) is 126 cm³/mol. The summed E-state index contributed by atoms with van der Waals surface area (Å²) in [5, 5.41) is 34.1. The van der Waals surface area contributed by atoms with Gasteiger partial charge in [-0.05, 0) is 17.9 Å². The van der Waals surface area contributed by atoms with E-state index in [0.717, 1.165) is 0 Å². The second kappa shape index (κ2) is 14.4. The lowest BCUT2D eigenvalue weighted by molar-refractivity contribution is -0.143. The maximum atomic E-state index is 13.1. The van der Waals surface area contributed by atoms with Crippen LogP contribution in [0.3, 0.4) is 0 Å². The number of amides is 3. The maximum absolute atomic E-state index is 13.1. The summed E-state index contributed by atoms with van der Waals surface area (Å²) < 4.78 is 0. The van der Waals surface area contributed by atoms with E-state index < -0.39 is 78.6 Å². The molecule has 1 aromatic carbocycles. The second-order valence-electron chi connectivity index (χ2n) is 8.52. The van der Waals surface area contributed by atoms with Crippen LogP contribution >= 0.6 is 0 Å². The van der Waals surface area contributed by atoms with Crippen molar-refractivity contribution in [2.24, 2.45) is 11.7 Å². The second-order valence-corrected chi connectivity index (χ2v) is 8.52. The van der Waals surface area contributed by atoms with Gasteiger partial charge in [-0.3, -0.25) is 24.0 Å². The highest BCUT2D eigenvalue weighted by Gasteiger charge is 2.32. The van der Waals surface area contributed by atoms with Crippen LogP contribution in [0.25, 0.3) is 0 Å². The summed E-state index contributed by atoms with van der Waals surface area (Å²) in [7, 11) is 0. The maximum Gasteiger partial charge on any atom is 0.326 e. The number of aliphatic carboxylic acids is 3. The number of rotatable bonds is 15. The van der Waals surface area contributed by atoms with Gasteiger partial charge in [0.2, 0.25) is 17.7 Å². The van der Waals surface area contributed by atoms with Crippen molar-refractivity contribution in [3.63, 3.8) is 0 Å². The first-order valence-electron chi connectivity index (χ1n) is 11.2. The monoisotopic (exact) mass is 508 g/mol. The van der Waals surface area contributed by atoms with Gasteiger partial charge in [-0.15, -0.1) is 0 Å². The number of benzene rings is 1. The molecule has 1 aromatic rings. The molecule has 13 heteroatoms. The third-order valence-electron chi connectivity index (χ3n) is 5.16. The van der Waals surface area contributed by atoms with E-state index in [1.165, 1.54) is 0 Å². The molecule has 0 bridgehead atoms. The smallest absolute Gasteiger partial charge is 0.326 e. The van der Waals surface area contributed by atoms with E-state index in [1.807, 2.05) is 0 Å². The average molecular weight is 509 g/mol. The molecule has 36 heavy (non-hydrogen) atoms. The normalized spacial score (nSPS) is 14.1. The van der Waals surface area contributed by atoms with Crippen LogP contribution in [0.4, 0.5) is 0 Å². The van der Waals surface area contributed by atoms with Gasteiger partial charge in [0.05, 0.1) is 12.5 Å². The molecule has 8 N–H and O–H groups in total. The van der Waals surface area contributed by atoms with Crippen LogP contribution in [0.2, 0.25) is 0 Å². The van der Waals surface area contributed by atoms with Gasteiger partial charge in [-0.1, -0.05) is 44.2 Å². The first-order chi connectivity index (χ1) is 16.8. The largest absolute Gasteiger partial charge is 0.481 e. The minimum absolute atomic E-state index is 0.000994. The van der Waals surface area contributed by atoms with Gasteiger partial charge in [0.25, 0.3) is 0 Å². The molecule has 0 aliphatic carbocycles. The summed E-state index contributed by atoms with van der Waals surface area (Å²) in [6.07, 6.45) is -1.50. The van der Waals surface area contributed by atoms with Gasteiger partial charge in [0.15, 0.2) is 0 Å². The van der Waals surface area contributed by atoms with Crippen LogP contribution in [0.1, 0.15) is 38.7 Å². The molecule has 0 aromatic heterocycles. The summed E-state index contributed by atoms with van der Waals surface area (Å²) in [5.74, 6) is -6.97. The third kappa shape index (κ3) is 10.5. The molecule has 0 saturated heterocycles. The van der Waals surface area contributed by atoms with Gasteiger partial charge in [-0.25, -0.2) is 4.79 Å². The molecule has 0 aliphatic rings. The highest BCUT2D eigenvalue weighted by atomic mass is 16.4. The Hall–Kier alpha value is -4.00. The van der Waals surface area contributed by atoms with E-state index in [1.54, 1.807) is 44.2 Å². The van der Waals surface area contributed by atoms with Crippen molar-refractivity contribution in [3.8, 4) is 0 Å². The predicted octanol–water partition coefficient (Wildman–Crippen LogP) is -0.909. The van der Waals surface area contributed by atoms with Crippen molar-refractivity contribution in [1.29, 1.82) is 0 Å². The first-order valence-corrected chi connectivity index (χ1v) is 11.2. The van der Waals surface area contributed by atoms with Gasteiger partial charge < -0.3 is 37.0 Å². The third-order valence-corrected chi connectivity index (χ3v) is 5.16. The molecule has 198 valence electrons. The van der Waals surface area contributed by atoms with Crippen LogP contribution in [-0.4, -0.2) is 75.1 Å². The Bertz CT molecular complexity index is 952. The van der Waals surface area contributed by atoms with Crippen LogP contribution in [-0.2, 0) is 35.2 Å². The van der Waals surface area contributed by atoms with Gasteiger partial charge in [0.1, 0.15) is 18.1 Å². The summed E-state index contributed by atoms with van der Waals surface area (Å²) >= 11 is 0. The molecule has 13 nitrogen and oxygen atoms in total. The number of hydrogen-bond donors (Lipinski definition) is 7. The zero-order valence-corrected chi connectivity index (χ0v) is 20.0. The Balaban J connectivity index is 3.06. The SMILES string of the molecule is CC(C)C(NC(=O)C(Cc1ccccc1)NC(=O)C(N)CC(=O)O)C(=O)NC(CCC(=O)O)C(=O)O. The van der Waals surface area contributed by atoms with Gasteiger partial charge in [-0.2, -0.15) is 0 Å². The van der Waals surface area contributed by atoms with Gasteiger partial charge >= 0.3 is 17.9 Å². The van der Waals surface area contributed by atoms with Crippen molar-refractivity contribution in [2.75, 3.05) is 0 Å². The van der Waals surface area contributed by atoms with Gasteiger partial charge in [0, 0.05) is 12.8 Å². The van der Waals surface area contributed by atoms with E-state index in [-0.39, 0.29) is 12.8 Å². The molecule has 3 amide bonds. The lowest BCUT2D eigenvalue weighted by Gasteiger charge is -2.27. The number of carbonyl (C=O) groups is 6. The average Bonchev–Trinajstić information content (AvgIpc) is 2.78. The molecule has 0 aliphatic heterocycles. The molecular weight excluding hydrogens is 476 g/mol. The Labute approximate surface area is 207 Å². The van der Waals surface area contributed by atoms with Crippen molar-refractivity contribution < 1.29 is 44.1 Å². The minimum atomic E-state index is -1.49. The van der Waals surface area contributed by atoms with E-state index in [9.17, 15) is 33.9 Å². The summed E-state index contributed by atoms with van der Waals surface area (Å²) in [6.45, 7) is 3.20. The quantitative estimate of drug-likeness (QED) is 0.154. The molecule has 4 atom stereocenters. The molecule has 0 heterocycles. The summed E-state index contributed by atoms with van der Waals surface area (Å²) in [6, 6.07) is 3.26. The van der Waals surface area contributed by atoms with E-state index in [0.29, 0.717) is 5.56 Å². The lowest BCUT2D eigenvalue weighted by Crippen LogP contribution is -2.59. The van der Waals surface area contributed by atoms with Crippen molar-refractivity contribution in [2.45, 2.75) is 63.7 Å². The van der Waals surface area contributed by atoms with Crippen LogP contribution in [0.15, 0.2) is 30.3 Å². The Morgan fingerprint density at radius 1 is 0.806 bits per heavy atom. The lowest BCUT2D eigenvalue weighted by atomic mass is 10.00. The van der Waals surface area contributed by atoms with Crippen LogP contribution < -0.4 is 21.7 Å². The number of carbonyl (C=O) groups excluding carboxylic acids is 3. The number of nitrogens with two attached hydrogens (primary N) is 1. The summed E-state index contributed by atoms with van der Waals surface area (Å²) in [4.78, 5) is 71.4. The van der Waals surface area contributed by atoms with E-state index in [2.05, 4.69) is 16.0 Å². The van der Waals surface area contributed by atoms with Crippen molar-refractivity contribution in [1.82, 2.24) is 16.0 Å². The fourth-order valence-electron chi connectivity index (χ4n) is 3.19. The topological polar surface area (TPSA) is 225 Å². The summed E-state index contributed by atoms with van der Waals surface area (Å²) in [5.41, 5.74) is 6.27. The van der Waals surface area contributed by atoms with Crippen LogP contribution in [0, 0.1) is 5.92 Å². The Kier molecular flexibility index (Phi) is 12.0. The van der Waals surface area contributed by atoms with Crippen molar-refractivity contribution >= 4 is 35.6 Å². The van der Waals surface area contributed by atoms with E-state index >= 15 is 0 Å². The fourth-order valence-corrected chi connectivity index (χ4v) is 3.19. The molecule has 0 fully saturated rings. The highest BCUT2D eigenvalue weighted by Crippen LogP contribution is 2.08. The first kappa shape index (κ1) is 30.0. The number of carboxylic acid groups (broad SMARTS) is 3. The van der Waals surface area contributed by atoms with Crippen LogP contribution in [0.5, 0.6) is 0 Å². The van der Waals surface area contributed by atoms with E-state index in [4.69, 9.17) is 15.9 Å². The number of nitrogens with one attached hydrogen (secondary N) is 3. The standard InChI is InChI=1S/C23H32N4O9/c1-12(2)19(22(34)25-15(23(35)36)8-9-17(28)29)27-21(33)16(10-13-6-4-3-5-7-13)26-20(32)14(24)11-18(30)31/h3-7,12,14-16,19H,8-11,24H2,1-2H3,(H,25,34)(H,26,32)(H,27,33)(H,28,29)(H,30,31)(H,35,36). The molecular formula is C23H32N4O9. The number of carboxylic acids is 3. The minimum Gasteiger partial charge on any atom is -0.481 e. The van der Waals surface area contributed by atoms with Crippen molar-refractivity contribution in [3.05, 3.63) is 35.9 Å². The molecule has 0 saturated carbocycles. The zero-order valence-electron chi connectivity index (χ0n) is 20.0. The Morgan fingerprint density at radius 3 is 1.89 bits per heavy atom. The number of hydrogen-bond acceptors (Lipinski definition) is 7. The Morgan fingerprint density at radius 2 is 1.39 bits per heavy atom. The molecule has 4 unspecified atom stereocenters. The molecule has 0 radical (unpaired) electrons.